The Morgan fingerprint density at radius 2 is 1.71 bits per heavy atom. The molecular weight excluding hydrogens is 607 g/mol. The van der Waals surface area contributed by atoms with Crippen LogP contribution in [0.1, 0.15) is 56.2 Å². The molecule has 1 aliphatic rings. The third-order valence-corrected chi connectivity index (χ3v) is 10.0. The number of sulfonamides is 1. The van der Waals surface area contributed by atoms with Gasteiger partial charge in [-0.2, -0.15) is 0 Å². The maximum Gasteiger partial charge on any atom is 0.304 e. The van der Waals surface area contributed by atoms with Crippen LogP contribution in [0.25, 0.3) is 0 Å². The fourth-order valence-corrected chi connectivity index (χ4v) is 7.58. The van der Waals surface area contributed by atoms with Gasteiger partial charge in [-0.05, 0) is 60.4 Å². The molecule has 218 valence electrons. The lowest BCUT2D eigenvalue weighted by molar-refractivity contribution is -0.160. The first-order chi connectivity index (χ1) is 19.4. The van der Waals surface area contributed by atoms with Crippen LogP contribution >= 0.6 is 34.8 Å². The first-order valence-corrected chi connectivity index (χ1v) is 15.8. The van der Waals surface area contributed by atoms with E-state index >= 15 is 0 Å². The van der Waals surface area contributed by atoms with Gasteiger partial charge in [-0.1, -0.05) is 85.0 Å². The number of likely N-dealkylation sites (tertiary alicyclic amines) is 1. The van der Waals surface area contributed by atoms with Gasteiger partial charge >= 0.3 is 5.97 Å². The van der Waals surface area contributed by atoms with Crippen molar-refractivity contribution in [2.24, 2.45) is 5.41 Å². The van der Waals surface area contributed by atoms with Gasteiger partial charge in [-0.15, -0.1) is 0 Å². The van der Waals surface area contributed by atoms with Crippen molar-refractivity contribution in [3.63, 3.8) is 0 Å². The fraction of sp³-hybridized carbons (Fsp3) is 0.333. The van der Waals surface area contributed by atoms with Gasteiger partial charge in [-0.3, -0.25) is 9.59 Å². The molecule has 7 nitrogen and oxygen atoms in total. The molecule has 0 unspecified atom stereocenters. The fourth-order valence-electron chi connectivity index (χ4n) is 5.67. The zero-order valence-electron chi connectivity index (χ0n) is 22.6. The van der Waals surface area contributed by atoms with Gasteiger partial charge in [0.2, 0.25) is 15.9 Å². The molecule has 0 bridgehead atoms. The molecule has 1 saturated heterocycles. The molecule has 4 atom stereocenters. The molecule has 1 fully saturated rings. The molecule has 0 spiro atoms. The van der Waals surface area contributed by atoms with Crippen molar-refractivity contribution in [2.45, 2.75) is 56.0 Å². The molecule has 41 heavy (non-hydrogen) atoms. The smallest absolute Gasteiger partial charge is 0.304 e. The SMILES string of the molecule is CC[C@@H](CNS(=O)(=O)c1ccccc1Cl)N1C(=O)[C@@](C)(CC(=O)O)C[C@H](c2cccc(Cl)c2)[C@H]1c1ccc(Cl)cc1. The Balaban J connectivity index is 1.83. The summed E-state index contributed by atoms with van der Waals surface area (Å²) in [5, 5.41) is 10.9. The molecule has 3 aromatic carbocycles. The zero-order chi connectivity index (χ0) is 29.9. The Morgan fingerprint density at radius 1 is 1.02 bits per heavy atom. The number of carboxylic acids is 1. The lowest BCUT2D eigenvalue weighted by Gasteiger charge is -2.52. The van der Waals surface area contributed by atoms with Crippen LogP contribution in [0.4, 0.5) is 0 Å². The Bertz CT molecular complexity index is 1530. The van der Waals surface area contributed by atoms with Gasteiger partial charge in [0.15, 0.2) is 0 Å². The topological polar surface area (TPSA) is 104 Å². The number of amides is 1. The molecule has 11 heteroatoms. The van der Waals surface area contributed by atoms with Gasteiger partial charge in [-0.25, -0.2) is 13.1 Å². The summed E-state index contributed by atoms with van der Waals surface area (Å²) < 4.78 is 29.1. The minimum absolute atomic E-state index is 0.0664. The van der Waals surface area contributed by atoms with E-state index in [1.165, 1.54) is 12.1 Å². The van der Waals surface area contributed by atoms with Crippen LogP contribution in [-0.2, 0) is 19.6 Å². The van der Waals surface area contributed by atoms with Crippen LogP contribution < -0.4 is 4.72 Å². The van der Waals surface area contributed by atoms with E-state index in [4.69, 9.17) is 34.8 Å². The number of carboxylic acid groups (broad SMARTS) is 1. The highest BCUT2D eigenvalue weighted by atomic mass is 35.5. The van der Waals surface area contributed by atoms with E-state index in [1.807, 2.05) is 37.3 Å². The number of aliphatic carboxylic acids is 1. The van der Waals surface area contributed by atoms with Crippen LogP contribution in [-0.4, -0.2) is 42.9 Å². The zero-order valence-corrected chi connectivity index (χ0v) is 25.6. The lowest BCUT2D eigenvalue weighted by Crippen LogP contribution is -2.58. The molecule has 0 radical (unpaired) electrons. The molecule has 3 aromatic rings. The number of hydrogen-bond acceptors (Lipinski definition) is 4. The van der Waals surface area contributed by atoms with E-state index in [0.717, 1.165) is 11.1 Å². The van der Waals surface area contributed by atoms with E-state index in [-0.39, 0.29) is 41.1 Å². The largest absolute Gasteiger partial charge is 0.481 e. The van der Waals surface area contributed by atoms with E-state index in [1.54, 1.807) is 42.2 Å². The second-order valence-electron chi connectivity index (χ2n) is 10.6. The minimum Gasteiger partial charge on any atom is -0.481 e. The number of carbonyl (C=O) groups excluding carboxylic acids is 1. The van der Waals surface area contributed by atoms with Crippen LogP contribution in [0.3, 0.4) is 0 Å². The summed E-state index contributed by atoms with van der Waals surface area (Å²) in [6, 6.07) is 19.4. The first kappa shape index (κ1) is 31.3. The Hall–Kier alpha value is -2.62. The summed E-state index contributed by atoms with van der Waals surface area (Å²) in [6.45, 7) is 3.41. The highest BCUT2D eigenvalue weighted by Gasteiger charge is 2.52. The predicted octanol–water partition coefficient (Wildman–Crippen LogP) is 6.94. The second kappa shape index (κ2) is 12.7. The average molecular weight is 638 g/mol. The average Bonchev–Trinajstić information content (AvgIpc) is 2.91. The van der Waals surface area contributed by atoms with E-state index in [2.05, 4.69) is 4.72 Å². The summed E-state index contributed by atoms with van der Waals surface area (Å²) in [5.41, 5.74) is 0.382. The maximum atomic E-state index is 14.3. The third kappa shape index (κ3) is 6.89. The number of carbonyl (C=O) groups is 2. The number of benzene rings is 3. The molecule has 0 aromatic heterocycles. The van der Waals surface area contributed by atoms with E-state index in [0.29, 0.717) is 16.5 Å². The molecule has 4 rings (SSSR count). The molecule has 1 aliphatic heterocycles. The summed E-state index contributed by atoms with van der Waals surface area (Å²) in [5.74, 6) is -1.80. The number of rotatable bonds is 10. The molecule has 2 N–H and O–H groups in total. The monoisotopic (exact) mass is 636 g/mol. The minimum atomic E-state index is -4.01. The number of hydrogen-bond donors (Lipinski definition) is 2. The lowest BCUT2D eigenvalue weighted by atomic mass is 9.67. The van der Waals surface area contributed by atoms with Gasteiger partial charge < -0.3 is 10.0 Å². The van der Waals surface area contributed by atoms with Crippen LogP contribution in [0.15, 0.2) is 77.7 Å². The number of piperidine rings is 1. The quantitative estimate of drug-likeness (QED) is 0.251. The van der Waals surface area contributed by atoms with Crippen molar-refractivity contribution >= 4 is 56.7 Å². The van der Waals surface area contributed by atoms with Crippen LogP contribution in [0.5, 0.6) is 0 Å². The van der Waals surface area contributed by atoms with Crippen molar-refractivity contribution in [2.75, 3.05) is 6.54 Å². The number of halogens is 3. The molecular formula is C30H31Cl3N2O5S. The predicted molar refractivity (Wildman–Crippen MR) is 161 cm³/mol. The Kier molecular flexibility index (Phi) is 9.71. The van der Waals surface area contributed by atoms with E-state index < -0.39 is 33.5 Å². The van der Waals surface area contributed by atoms with Crippen molar-refractivity contribution in [1.29, 1.82) is 0 Å². The number of nitrogens with one attached hydrogen (secondary N) is 1. The molecule has 0 aliphatic carbocycles. The summed E-state index contributed by atoms with van der Waals surface area (Å²) in [6.07, 6.45) is 0.269. The van der Waals surface area contributed by atoms with Gasteiger partial charge in [0, 0.05) is 28.5 Å². The van der Waals surface area contributed by atoms with Crippen molar-refractivity contribution in [1.82, 2.24) is 9.62 Å². The second-order valence-corrected chi connectivity index (χ2v) is 13.6. The molecule has 1 heterocycles. The summed E-state index contributed by atoms with van der Waals surface area (Å²) >= 11 is 18.8. The van der Waals surface area contributed by atoms with Crippen LogP contribution in [0.2, 0.25) is 15.1 Å². The summed E-state index contributed by atoms with van der Waals surface area (Å²) in [7, 11) is -4.01. The van der Waals surface area contributed by atoms with Crippen molar-refractivity contribution in [3.05, 3.63) is 99.0 Å². The standard InChI is InChI=1S/C30H31Cl3N2O5S/c1-3-23(18-34-41(39,40)26-10-5-4-9-25(26)33)35-28(19-11-13-21(31)14-12-19)24(20-7-6-8-22(32)15-20)16-30(2,29(35)38)17-27(36)37/h4-15,23-24,28,34H,3,16-18H2,1-2H3,(H,36,37)/t23-,24+,28+,30+/m0/s1. The van der Waals surface area contributed by atoms with E-state index in [9.17, 15) is 23.1 Å². The van der Waals surface area contributed by atoms with Crippen molar-refractivity contribution < 1.29 is 23.1 Å². The van der Waals surface area contributed by atoms with Gasteiger partial charge in [0.25, 0.3) is 0 Å². The summed E-state index contributed by atoms with van der Waals surface area (Å²) in [4.78, 5) is 27.9. The molecule has 1 amide bonds. The van der Waals surface area contributed by atoms with Gasteiger partial charge in [0.05, 0.1) is 22.9 Å². The highest BCUT2D eigenvalue weighted by molar-refractivity contribution is 7.89. The Morgan fingerprint density at radius 3 is 2.32 bits per heavy atom. The number of nitrogens with zero attached hydrogens (tertiary/aromatic N) is 1. The first-order valence-electron chi connectivity index (χ1n) is 13.2. The maximum absolute atomic E-state index is 14.3. The highest BCUT2D eigenvalue weighted by Crippen LogP contribution is 2.52. The Labute approximate surface area is 255 Å². The molecule has 0 saturated carbocycles. The third-order valence-electron chi connectivity index (χ3n) is 7.63. The van der Waals surface area contributed by atoms with Gasteiger partial charge in [0.1, 0.15) is 4.90 Å². The normalized spacial score (nSPS) is 22.0. The van der Waals surface area contributed by atoms with Crippen LogP contribution in [0, 0.1) is 5.41 Å². The van der Waals surface area contributed by atoms with Crippen molar-refractivity contribution in [3.8, 4) is 0 Å².